The summed E-state index contributed by atoms with van der Waals surface area (Å²) in [5.74, 6) is -2.23. The molecule has 0 amide bonds. The fourth-order valence-electron chi connectivity index (χ4n) is 2.44. The van der Waals surface area contributed by atoms with Gasteiger partial charge in [0.25, 0.3) is 0 Å². The van der Waals surface area contributed by atoms with Gasteiger partial charge in [-0.1, -0.05) is 0 Å². The van der Waals surface area contributed by atoms with Crippen LogP contribution in [0.15, 0.2) is 0 Å². The van der Waals surface area contributed by atoms with Crippen LogP contribution < -0.4 is 0 Å². The molecule has 1 N–H and O–H groups in total. The fourth-order valence-corrected chi connectivity index (χ4v) is 2.44. The second kappa shape index (κ2) is 5.25. The van der Waals surface area contributed by atoms with Crippen LogP contribution >= 0.6 is 0 Å². The Labute approximate surface area is 112 Å². The van der Waals surface area contributed by atoms with Gasteiger partial charge >= 0.3 is 0 Å². The minimum Gasteiger partial charge on any atom is -0.385 e. The van der Waals surface area contributed by atoms with Crippen molar-refractivity contribution in [3.05, 3.63) is 0 Å². The zero-order valence-corrected chi connectivity index (χ0v) is 11.9. The van der Waals surface area contributed by atoms with Crippen LogP contribution in [-0.2, 0) is 28.4 Å². The molecule has 6 atom stereocenters. The maximum atomic E-state index is 10.2. The number of hydrogen-bond acceptors (Lipinski definition) is 7. The van der Waals surface area contributed by atoms with Crippen LogP contribution in [0.4, 0.5) is 0 Å². The Hall–Kier alpha value is -0.280. The summed E-state index contributed by atoms with van der Waals surface area (Å²) in [7, 11) is 4.48. The smallest absolute Gasteiger partial charge is 0.220 e. The molecule has 0 aromatic rings. The summed E-state index contributed by atoms with van der Waals surface area (Å²) < 4.78 is 33.0. The Kier molecular flexibility index (Phi) is 4.18. The predicted molar refractivity (Wildman–Crippen MR) is 63.3 cm³/mol. The van der Waals surface area contributed by atoms with Crippen LogP contribution in [0.2, 0.25) is 0 Å². The standard InChI is InChI=1S/C12H22O7/c1-11(15-4)12(2,16-5)19-9-7(18-11)6-17-10(14-3)8(9)13/h7-10,13H,6H2,1-5H3/t7-,8+,9+,10+,11+,12+/m1/s1. The third-order valence-electron chi connectivity index (χ3n) is 3.98. The number of aliphatic hydroxyl groups is 1. The Morgan fingerprint density at radius 3 is 2.16 bits per heavy atom. The molecule has 2 saturated heterocycles. The molecule has 0 unspecified atom stereocenters. The first-order chi connectivity index (χ1) is 8.90. The van der Waals surface area contributed by atoms with E-state index in [4.69, 9.17) is 28.4 Å². The molecule has 19 heavy (non-hydrogen) atoms. The number of ether oxygens (including phenoxy) is 6. The first kappa shape index (κ1) is 15.1. The fraction of sp³-hybridized carbons (Fsp3) is 1.00. The van der Waals surface area contributed by atoms with Crippen molar-refractivity contribution in [1.29, 1.82) is 0 Å². The summed E-state index contributed by atoms with van der Waals surface area (Å²) in [6, 6.07) is 0. The summed E-state index contributed by atoms with van der Waals surface area (Å²) in [6.45, 7) is 3.68. The van der Waals surface area contributed by atoms with Crippen LogP contribution in [0.1, 0.15) is 13.8 Å². The Balaban J connectivity index is 2.23. The third-order valence-corrected chi connectivity index (χ3v) is 3.98. The third kappa shape index (κ3) is 2.29. The van der Waals surface area contributed by atoms with Gasteiger partial charge in [0.1, 0.15) is 18.3 Å². The Morgan fingerprint density at radius 2 is 1.63 bits per heavy atom. The van der Waals surface area contributed by atoms with Crippen LogP contribution in [0, 0.1) is 0 Å². The zero-order chi connectivity index (χ0) is 14.3. The van der Waals surface area contributed by atoms with E-state index < -0.39 is 36.2 Å². The van der Waals surface area contributed by atoms with Crippen LogP contribution in [0.3, 0.4) is 0 Å². The average molecular weight is 278 g/mol. The summed E-state index contributed by atoms with van der Waals surface area (Å²) in [5, 5.41) is 10.2. The quantitative estimate of drug-likeness (QED) is 0.770. The largest absolute Gasteiger partial charge is 0.385 e. The van der Waals surface area contributed by atoms with Gasteiger partial charge < -0.3 is 33.5 Å². The van der Waals surface area contributed by atoms with E-state index in [1.165, 1.54) is 21.3 Å². The van der Waals surface area contributed by atoms with Crippen molar-refractivity contribution in [2.24, 2.45) is 0 Å². The topological polar surface area (TPSA) is 75.6 Å². The van der Waals surface area contributed by atoms with E-state index in [1.54, 1.807) is 13.8 Å². The molecule has 0 aromatic heterocycles. The number of hydrogen-bond donors (Lipinski definition) is 1. The molecule has 0 saturated carbocycles. The van der Waals surface area contributed by atoms with Crippen LogP contribution in [0.5, 0.6) is 0 Å². The summed E-state index contributed by atoms with van der Waals surface area (Å²) >= 11 is 0. The highest BCUT2D eigenvalue weighted by Crippen LogP contribution is 2.41. The lowest BCUT2D eigenvalue weighted by Crippen LogP contribution is -2.70. The molecule has 2 aliphatic heterocycles. The van der Waals surface area contributed by atoms with Crippen molar-refractivity contribution in [2.75, 3.05) is 27.9 Å². The van der Waals surface area contributed by atoms with Crippen LogP contribution in [0.25, 0.3) is 0 Å². The maximum Gasteiger partial charge on any atom is 0.220 e. The van der Waals surface area contributed by atoms with Crippen molar-refractivity contribution in [3.63, 3.8) is 0 Å². The van der Waals surface area contributed by atoms with Gasteiger partial charge in [0.15, 0.2) is 6.29 Å². The van der Waals surface area contributed by atoms with Crippen molar-refractivity contribution < 1.29 is 33.5 Å². The molecule has 2 rings (SSSR count). The molecule has 7 heteroatoms. The summed E-state index contributed by atoms with van der Waals surface area (Å²) in [4.78, 5) is 0. The van der Waals surface area contributed by atoms with Crippen molar-refractivity contribution in [2.45, 2.75) is 50.0 Å². The SMILES string of the molecule is CO[C@H]1OC[C@H]2O[C@](C)(OC)[C@@](C)(OC)O[C@@H]2[C@@H]1O. The zero-order valence-electron chi connectivity index (χ0n) is 11.9. The first-order valence-electron chi connectivity index (χ1n) is 6.19. The highest BCUT2D eigenvalue weighted by atomic mass is 16.8. The van der Waals surface area contributed by atoms with Gasteiger partial charge in [-0.2, -0.15) is 0 Å². The minimum absolute atomic E-state index is 0.249. The van der Waals surface area contributed by atoms with Crippen LogP contribution in [-0.4, -0.2) is 69.2 Å². The maximum absolute atomic E-state index is 10.2. The molecule has 0 bridgehead atoms. The van der Waals surface area contributed by atoms with Crippen molar-refractivity contribution >= 4 is 0 Å². The van der Waals surface area contributed by atoms with E-state index in [-0.39, 0.29) is 6.61 Å². The summed E-state index contributed by atoms with van der Waals surface area (Å²) in [5.41, 5.74) is 0. The molecule has 7 nitrogen and oxygen atoms in total. The van der Waals surface area contributed by atoms with Gasteiger partial charge in [0, 0.05) is 21.3 Å². The minimum atomic E-state index is -1.14. The number of rotatable bonds is 3. The first-order valence-corrected chi connectivity index (χ1v) is 6.19. The second-order valence-corrected chi connectivity index (χ2v) is 4.97. The Bertz CT molecular complexity index is 325. The van der Waals surface area contributed by atoms with E-state index in [9.17, 15) is 5.11 Å². The lowest BCUT2D eigenvalue weighted by atomic mass is 9.98. The van der Waals surface area contributed by atoms with Crippen molar-refractivity contribution in [3.8, 4) is 0 Å². The van der Waals surface area contributed by atoms with Gasteiger partial charge in [0.05, 0.1) is 6.61 Å². The van der Waals surface area contributed by atoms with Gasteiger partial charge in [-0.3, -0.25) is 0 Å². The molecule has 2 heterocycles. The molecule has 0 radical (unpaired) electrons. The molecule has 0 spiro atoms. The lowest BCUT2D eigenvalue weighted by Gasteiger charge is -2.54. The number of aliphatic hydroxyl groups excluding tert-OH is 1. The number of methoxy groups -OCH3 is 3. The molecule has 0 aliphatic carbocycles. The molecular formula is C12H22O7. The molecule has 0 aromatic carbocycles. The predicted octanol–water partition coefficient (Wildman–Crippen LogP) is -0.141. The Morgan fingerprint density at radius 1 is 1.05 bits per heavy atom. The van der Waals surface area contributed by atoms with Crippen molar-refractivity contribution in [1.82, 2.24) is 0 Å². The monoisotopic (exact) mass is 278 g/mol. The van der Waals surface area contributed by atoms with Gasteiger partial charge in [0.2, 0.25) is 11.6 Å². The highest BCUT2D eigenvalue weighted by molar-refractivity contribution is 4.96. The van der Waals surface area contributed by atoms with E-state index in [0.29, 0.717) is 0 Å². The van der Waals surface area contributed by atoms with Gasteiger partial charge in [-0.15, -0.1) is 0 Å². The second-order valence-electron chi connectivity index (χ2n) is 4.97. The summed E-state index contributed by atoms with van der Waals surface area (Å²) in [6.07, 6.45) is -2.75. The molecular weight excluding hydrogens is 256 g/mol. The average Bonchev–Trinajstić information content (AvgIpc) is 2.41. The lowest BCUT2D eigenvalue weighted by molar-refractivity contribution is -0.471. The normalized spacial score (nSPS) is 50.8. The van der Waals surface area contributed by atoms with Gasteiger partial charge in [-0.05, 0) is 13.8 Å². The van der Waals surface area contributed by atoms with E-state index in [1.807, 2.05) is 0 Å². The van der Waals surface area contributed by atoms with E-state index >= 15 is 0 Å². The molecule has 2 fully saturated rings. The molecule has 112 valence electrons. The van der Waals surface area contributed by atoms with Gasteiger partial charge in [-0.25, -0.2) is 0 Å². The molecule has 2 aliphatic rings. The highest BCUT2D eigenvalue weighted by Gasteiger charge is 2.60. The number of fused-ring (bicyclic) bond motifs is 1. The van der Waals surface area contributed by atoms with E-state index in [0.717, 1.165) is 0 Å². The van der Waals surface area contributed by atoms with E-state index in [2.05, 4.69) is 0 Å².